The van der Waals surface area contributed by atoms with Crippen LogP contribution >= 0.6 is 35.1 Å². The molecule has 112 valence electrons. The van der Waals surface area contributed by atoms with Crippen LogP contribution in [0.25, 0.3) is 0 Å². The molecular weight excluding hydrogens is 330 g/mol. The molecule has 0 atom stereocenters. The van der Waals surface area contributed by atoms with E-state index in [-0.39, 0.29) is 11.7 Å². The molecule has 0 radical (unpaired) electrons. The third-order valence-corrected chi connectivity index (χ3v) is 4.01. The van der Waals surface area contributed by atoms with Crippen LogP contribution in [-0.4, -0.2) is 28.1 Å². The highest BCUT2D eigenvalue weighted by molar-refractivity contribution is 7.99. The number of aromatic nitrogens is 2. The van der Waals surface area contributed by atoms with E-state index in [2.05, 4.69) is 15.5 Å². The third-order valence-electron chi connectivity index (χ3n) is 2.42. The van der Waals surface area contributed by atoms with Crippen LogP contribution in [0.15, 0.2) is 33.9 Å². The third kappa shape index (κ3) is 5.61. The quantitative estimate of drug-likeness (QED) is 0.779. The molecule has 2 rings (SSSR count). The van der Waals surface area contributed by atoms with Gasteiger partial charge in [-0.05, 0) is 24.0 Å². The molecule has 1 amide bonds. The highest BCUT2D eigenvalue weighted by Crippen LogP contribution is 2.17. The van der Waals surface area contributed by atoms with E-state index in [1.54, 1.807) is 17.8 Å². The number of nitrogens with one attached hydrogen (secondary N) is 1. The Kier molecular flexibility index (Phi) is 6.41. The molecule has 0 aliphatic carbocycles. The minimum absolute atomic E-state index is 0.0930. The zero-order valence-electron chi connectivity index (χ0n) is 11.3. The zero-order valence-corrected chi connectivity index (χ0v) is 13.7. The van der Waals surface area contributed by atoms with Gasteiger partial charge in [-0.1, -0.05) is 35.5 Å². The maximum Gasteiger partial charge on any atom is 0.277 e. The average molecular weight is 344 g/mol. The van der Waals surface area contributed by atoms with Crippen LogP contribution in [-0.2, 0) is 17.1 Å². The zero-order chi connectivity index (χ0) is 15.1. The summed E-state index contributed by atoms with van der Waals surface area (Å²) in [6.07, 6.45) is 1.96. The molecule has 2 aromatic rings. The minimum Gasteiger partial charge on any atom is -0.415 e. The predicted octanol–water partition coefficient (Wildman–Crippen LogP) is 2.99. The molecule has 21 heavy (non-hydrogen) atoms. The van der Waals surface area contributed by atoms with Gasteiger partial charge >= 0.3 is 0 Å². The van der Waals surface area contributed by atoms with E-state index in [9.17, 15) is 4.79 Å². The summed E-state index contributed by atoms with van der Waals surface area (Å²) in [5.74, 6) is 1.39. The number of benzene rings is 1. The number of halogens is 1. The average Bonchev–Trinajstić information content (AvgIpc) is 2.91. The van der Waals surface area contributed by atoms with Crippen molar-refractivity contribution in [2.75, 3.05) is 12.0 Å². The molecule has 0 fully saturated rings. The number of rotatable bonds is 7. The molecule has 0 saturated heterocycles. The normalized spacial score (nSPS) is 10.6. The van der Waals surface area contributed by atoms with E-state index in [1.165, 1.54) is 11.8 Å². The monoisotopic (exact) mass is 343 g/mol. The lowest BCUT2D eigenvalue weighted by Crippen LogP contribution is -2.24. The second-order valence-corrected chi connectivity index (χ2v) is 6.32. The number of amides is 1. The van der Waals surface area contributed by atoms with Gasteiger partial charge in [0, 0.05) is 11.6 Å². The van der Waals surface area contributed by atoms with Gasteiger partial charge < -0.3 is 9.73 Å². The summed E-state index contributed by atoms with van der Waals surface area (Å²) in [6, 6.07) is 7.38. The Bertz CT molecular complexity index is 607. The minimum atomic E-state index is -0.0930. The molecule has 0 saturated carbocycles. The fraction of sp³-hybridized carbons (Fsp3) is 0.308. The first kappa shape index (κ1) is 16.2. The summed E-state index contributed by atoms with van der Waals surface area (Å²) in [6.45, 7) is 0.446. The molecule has 1 N–H and O–H groups in total. The Morgan fingerprint density at radius 1 is 1.43 bits per heavy atom. The fourth-order valence-corrected chi connectivity index (χ4v) is 2.69. The number of nitrogens with zero attached hydrogens (tertiary/aromatic N) is 2. The molecule has 1 aromatic heterocycles. The number of hydrogen-bond donors (Lipinski definition) is 1. The van der Waals surface area contributed by atoms with E-state index >= 15 is 0 Å². The molecule has 0 spiro atoms. The van der Waals surface area contributed by atoms with Crippen molar-refractivity contribution in [1.82, 2.24) is 15.5 Å². The Hall–Kier alpha value is -1.18. The first-order valence-corrected chi connectivity index (χ1v) is 8.88. The van der Waals surface area contributed by atoms with Gasteiger partial charge in [-0.15, -0.1) is 10.2 Å². The van der Waals surface area contributed by atoms with Crippen LogP contribution in [0.3, 0.4) is 0 Å². The number of hydrogen-bond acceptors (Lipinski definition) is 6. The summed E-state index contributed by atoms with van der Waals surface area (Å²) in [5.41, 5.74) is 0.959. The second-order valence-electron chi connectivity index (χ2n) is 4.09. The van der Waals surface area contributed by atoms with E-state index in [0.29, 0.717) is 28.4 Å². The molecule has 0 unspecified atom stereocenters. The molecule has 0 bridgehead atoms. The van der Waals surface area contributed by atoms with Crippen LogP contribution in [0.2, 0.25) is 5.02 Å². The van der Waals surface area contributed by atoms with Crippen LogP contribution in [0.1, 0.15) is 11.5 Å². The molecule has 0 aliphatic rings. The Morgan fingerprint density at radius 2 is 2.29 bits per heavy atom. The fourth-order valence-electron chi connectivity index (χ4n) is 1.50. The summed E-state index contributed by atoms with van der Waals surface area (Å²) in [4.78, 5) is 11.7. The highest BCUT2D eigenvalue weighted by atomic mass is 35.5. The lowest BCUT2D eigenvalue weighted by molar-refractivity contribution is -0.118. The van der Waals surface area contributed by atoms with Crippen molar-refractivity contribution in [1.29, 1.82) is 0 Å². The van der Waals surface area contributed by atoms with E-state index < -0.39 is 0 Å². The van der Waals surface area contributed by atoms with E-state index in [1.807, 2.05) is 24.5 Å². The lowest BCUT2D eigenvalue weighted by atomic mass is 10.2. The van der Waals surface area contributed by atoms with Gasteiger partial charge in [-0.25, -0.2) is 0 Å². The molecular formula is C13H14ClN3O2S2. The van der Waals surface area contributed by atoms with Crippen molar-refractivity contribution in [2.24, 2.45) is 0 Å². The SMILES string of the molecule is CSCc1nnc(SCC(=O)NCc2cccc(Cl)c2)o1. The summed E-state index contributed by atoms with van der Waals surface area (Å²) < 4.78 is 5.38. The number of carbonyl (C=O) groups excluding carboxylic acids is 1. The van der Waals surface area contributed by atoms with Gasteiger partial charge in [0.05, 0.1) is 11.5 Å². The Morgan fingerprint density at radius 3 is 3.05 bits per heavy atom. The van der Waals surface area contributed by atoms with Crippen molar-refractivity contribution in [3.8, 4) is 0 Å². The molecule has 1 heterocycles. The largest absolute Gasteiger partial charge is 0.415 e. The number of carbonyl (C=O) groups is 1. The summed E-state index contributed by atoms with van der Waals surface area (Å²) in [5, 5.41) is 11.6. The first-order valence-electron chi connectivity index (χ1n) is 6.12. The second kappa shape index (κ2) is 8.31. The van der Waals surface area contributed by atoms with Crippen LogP contribution < -0.4 is 5.32 Å². The van der Waals surface area contributed by atoms with Crippen molar-refractivity contribution in [3.05, 3.63) is 40.7 Å². The Labute approximate surface area is 136 Å². The lowest BCUT2D eigenvalue weighted by Gasteiger charge is -2.04. The molecule has 8 heteroatoms. The van der Waals surface area contributed by atoms with Gasteiger partial charge in [-0.2, -0.15) is 11.8 Å². The predicted molar refractivity (Wildman–Crippen MR) is 85.5 cm³/mol. The molecule has 0 aliphatic heterocycles. The van der Waals surface area contributed by atoms with E-state index in [4.69, 9.17) is 16.0 Å². The Balaban J connectivity index is 1.74. The van der Waals surface area contributed by atoms with Crippen molar-refractivity contribution in [2.45, 2.75) is 17.5 Å². The van der Waals surface area contributed by atoms with Crippen LogP contribution in [0, 0.1) is 0 Å². The van der Waals surface area contributed by atoms with Crippen molar-refractivity contribution < 1.29 is 9.21 Å². The van der Waals surface area contributed by atoms with Gasteiger partial charge in [0.25, 0.3) is 5.22 Å². The molecule has 5 nitrogen and oxygen atoms in total. The van der Waals surface area contributed by atoms with Crippen molar-refractivity contribution in [3.63, 3.8) is 0 Å². The van der Waals surface area contributed by atoms with Gasteiger partial charge in [-0.3, -0.25) is 4.79 Å². The van der Waals surface area contributed by atoms with Crippen LogP contribution in [0.5, 0.6) is 0 Å². The number of thioether (sulfide) groups is 2. The maximum atomic E-state index is 11.7. The smallest absolute Gasteiger partial charge is 0.277 e. The topological polar surface area (TPSA) is 68.0 Å². The van der Waals surface area contributed by atoms with E-state index in [0.717, 1.165) is 5.56 Å². The highest BCUT2D eigenvalue weighted by Gasteiger charge is 2.09. The maximum absolute atomic E-state index is 11.7. The molecule has 1 aromatic carbocycles. The summed E-state index contributed by atoms with van der Waals surface area (Å²) in [7, 11) is 0. The van der Waals surface area contributed by atoms with Crippen molar-refractivity contribution >= 4 is 41.0 Å². The first-order chi connectivity index (χ1) is 10.2. The standard InChI is InChI=1S/C13H14ClN3O2S2/c1-20-8-12-16-17-13(19-12)21-7-11(18)15-6-9-3-2-4-10(14)5-9/h2-5H,6-8H2,1H3,(H,15,18). The summed E-state index contributed by atoms with van der Waals surface area (Å²) >= 11 is 8.71. The van der Waals surface area contributed by atoms with Crippen LogP contribution in [0.4, 0.5) is 0 Å². The van der Waals surface area contributed by atoms with Gasteiger partial charge in [0.15, 0.2) is 0 Å². The van der Waals surface area contributed by atoms with Gasteiger partial charge in [0.2, 0.25) is 11.8 Å². The van der Waals surface area contributed by atoms with Gasteiger partial charge in [0.1, 0.15) is 0 Å².